The van der Waals surface area contributed by atoms with Crippen molar-refractivity contribution in [2.45, 2.75) is 13.0 Å². The highest BCUT2D eigenvalue weighted by Gasteiger charge is 2.48. The molecule has 0 saturated carbocycles. The van der Waals surface area contributed by atoms with Gasteiger partial charge in [0.15, 0.2) is 11.5 Å². The summed E-state index contributed by atoms with van der Waals surface area (Å²) in [5.41, 5.74) is -0.210. The van der Waals surface area contributed by atoms with Gasteiger partial charge in [-0.3, -0.25) is 14.5 Å². The summed E-state index contributed by atoms with van der Waals surface area (Å²) < 4.78 is 39.8. The van der Waals surface area contributed by atoms with E-state index in [9.17, 15) is 23.5 Å². The van der Waals surface area contributed by atoms with Gasteiger partial charge in [0.1, 0.15) is 17.4 Å². The van der Waals surface area contributed by atoms with Crippen molar-refractivity contribution in [1.82, 2.24) is 0 Å². The van der Waals surface area contributed by atoms with Crippen molar-refractivity contribution in [3.05, 3.63) is 94.0 Å². The fourth-order valence-electron chi connectivity index (χ4n) is 3.96. The molecule has 1 aliphatic rings. The average Bonchev–Trinajstić information content (AvgIpc) is 3.11. The first kappa shape index (κ1) is 24.2. The molecule has 0 aliphatic carbocycles. The summed E-state index contributed by atoms with van der Waals surface area (Å²) in [5, 5.41) is 11.5. The Balaban J connectivity index is 1.99. The van der Waals surface area contributed by atoms with Crippen LogP contribution >= 0.6 is 11.6 Å². The summed E-state index contributed by atoms with van der Waals surface area (Å²) in [6, 6.07) is 11.9. The first-order valence-electron chi connectivity index (χ1n) is 10.6. The van der Waals surface area contributed by atoms with Gasteiger partial charge in [-0.05, 0) is 61.0 Å². The maximum atomic E-state index is 14.8. The second-order valence-corrected chi connectivity index (χ2v) is 8.05. The van der Waals surface area contributed by atoms with E-state index in [0.717, 1.165) is 23.1 Å². The molecule has 1 fully saturated rings. The molecular formula is C26H20ClF2NO5. The SMILES string of the molecule is CCOc1cc(C2/C(=C(\O)c3ccc(Cl)cc3)C(=O)C(=O)N2c2cc(F)ccc2F)ccc1OC. The zero-order chi connectivity index (χ0) is 25.3. The normalized spacial score (nSPS) is 17.1. The number of hydrogen-bond donors (Lipinski definition) is 1. The van der Waals surface area contributed by atoms with Gasteiger partial charge in [0, 0.05) is 16.7 Å². The van der Waals surface area contributed by atoms with E-state index < -0.39 is 40.8 Å². The number of ether oxygens (including phenoxy) is 2. The van der Waals surface area contributed by atoms with Crippen LogP contribution in [0.25, 0.3) is 5.76 Å². The standard InChI is InChI=1S/C26H20ClF2NO5/c1-3-35-21-12-15(6-11-20(21)34-2)23-22(24(31)14-4-7-16(27)8-5-14)25(32)26(33)30(23)19-13-17(28)9-10-18(19)29/h4-13,23,31H,3H2,1-2H3/b24-22+. The van der Waals surface area contributed by atoms with Gasteiger partial charge >= 0.3 is 0 Å². The van der Waals surface area contributed by atoms with Gasteiger partial charge in [0.05, 0.1) is 31.0 Å². The number of rotatable bonds is 6. The molecule has 1 amide bonds. The highest BCUT2D eigenvalue weighted by atomic mass is 35.5. The lowest BCUT2D eigenvalue weighted by Gasteiger charge is -2.26. The van der Waals surface area contributed by atoms with Crippen LogP contribution in [0.2, 0.25) is 5.02 Å². The van der Waals surface area contributed by atoms with Crippen LogP contribution < -0.4 is 14.4 Å². The van der Waals surface area contributed by atoms with Crippen molar-refractivity contribution in [2.75, 3.05) is 18.6 Å². The van der Waals surface area contributed by atoms with E-state index in [0.29, 0.717) is 28.7 Å². The van der Waals surface area contributed by atoms with Crippen molar-refractivity contribution in [2.24, 2.45) is 0 Å². The minimum Gasteiger partial charge on any atom is -0.507 e. The van der Waals surface area contributed by atoms with Crippen LogP contribution in [0.3, 0.4) is 0 Å². The van der Waals surface area contributed by atoms with Crippen molar-refractivity contribution in [3.63, 3.8) is 0 Å². The number of carbonyl (C=O) groups excluding carboxylic acids is 2. The third-order valence-electron chi connectivity index (χ3n) is 5.53. The molecule has 35 heavy (non-hydrogen) atoms. The third-order valence-corrected chi connectivity index (χ3v) is 5.79. The van der Waals surface area contributed by atoms with E-state index in [1.54, 1.807) is 19.1 Å². The van der Waals surface area contributed by atoms with Crippen molar-refractivity contribution in [1.29, 1.82) is 0 Å². The second kappa shape index (κ2) is 9.76. The van der Waals surface area contributed by atoms with Gasteiger partial charge in [-0.2, -0.15) is 0 Å². The first-order chi connectivity index (χ1) is 16.8. The fourth-order valence-corrected chi connectivity index (χ4v) is 4.09. The second-order valence-electron chi connectivity index (χ2n) is 7.62. The van der Waals surface area contributed by atoms with E-state index in [4.69, 9.17) is 21.1 Å². The smallest absolute Gasteiger partial charge is 0.300 e. The first-order valence-corrected chi connectivity index (χ1v) is 11.0. The van der Waals surface area contributed by atoms with Crippen molar-refractivity contribution < 1.29 is 33.0 Å². The summed E-state index contributed by atoms with van der Waals surface area (Å²) >= 11 is 5.93. The summed E-state index contributed by atoms with van der Waals surface area (Å²) in [5.74, 6) is -3.68. The number of anilines is 1. The van der Waals surface area contributed by atoms with Crippen LogP contribution in [0.5, 0.6) is 11.5 Å². The van der Waals surface area contributed by atoms with E-state index in [1.165, 1.54) is 37.4 Å². The number of nitrogens with zero attached hydrogens (tertiary/aromatic N) is 1. The fraction of sp³-hybridized carbons (Fsp3) is 0.154. The lowest BCUT2D eigenvalue weighted by Crippen LogP contribution is -2.30. The van der Waals surface area contributed by atoms with E-state index in [1.807, 2.05) is 0 Å². The maximum absolute atomic E-state index is 14.8. The van der Waals surface area contributed by atoms with E-state index >= 15 is 0 Å². The van der Waals surface area contributed by atoms with Crippen molar-refractivity contribution >= 4 is 34.7 Å². The largest absolute Gasteiger partial charge is 0.507 e. The van der Waals surface area contributed by atoms with Crippen LogP contribution in [0, 0.1) is 11.6 Å². The highest BCUT2D eigenvalue weighted by Crippen LogP contribution is 2.45. The summed E-state index contributed by atoms with van der Waals surface area (Å²) in [7, 11) is 1.45. The Morgan fingerprint density at radius 2 is 1.74 bits per heavy atom. The number of benzene rings is 3. The molecule has 6 nitrogen and oxygen atoms in total. The Bertz CT molecular complexity index is 1340. The van der Waals surface area contributed by atoms with Gasteiger partial charge in [-0.15, -0.1) is 0 Å². The summed E-state index contributed by atoms with van der Waals surface area (Å²) in [6.07, 6.45) is 0. The number of carbonyl (C=O) groups is 2. The number of aliphatic hydroxyl groups is 1. The Labute approximate surface area is 205 Å². The minimum absolute atomic E-state index is 0.218. The number of hydrogen-bond acceptors (Lipinski definition) is 5. The Morgan fingerprint density at radius 1 is 1.03 bits per heavy atom. The molecule has 1 aliphatic heterocycles. The molecular weight excluding hydrogens is 480 g/mol. The molecule has 3 aromatic rings. The molecule has 0 aromatic heterocycles. The number of amides is 1. The number of Topliss-reactive ketones (excluding diaryl/α,β-unsaturated/α-hetero) is 1. The van der Waals surface area contributed by atoms with Crippen LogP contribution in [0.15, 0.2) is 66.2 Å². The maximum Gasteiger partial charge on any atom is 0.300 e. The van der Waals surface area contributed by atoms with E-state index in [2.05, 4.69) is 0 Å². The lowest BCUT2D eigenvalue weighted by atomic mass is 9.94. The van der Waals surface area contributed by atoms with Gasteiger partial charge in [0.2, 0.25) is 0 Å². The average molecular weight is 500 g/mol. The predicted molar refractivity (Wildman–Crippen MR) is 127 cm³/mol. The lowest BCUT2D eigenvalue weighted by molar-refractivity contribution is -0.132. The van der Waals surface area contributed by atoms with Crippen LogP contribution in [0.1, 0.15) is 24.1 Å². The zero-order valence-corrected chi connectivity index (χ0v) is 19.5. The third kappa shape index (κ3) is 4.44. The zero-order valence-electron chi connectivity index (χ0n) is 18.7. The molecule has 0 radical (unpaired) electrons. The Kier molecular flexibility index (Phi) is 6.75. The Morgan fingerprint density at radius 3 is 2.40 bits per heavy atom. The molecule has 1 unspecified atom stereocenters. The molecule has 3 aromatic carbocycles. The number of methoxy groups -OCH3 is 1. The summed E-state index contributed by atoms with van der Waals surface area (Å²) in [4.78, 5) is 27.2. The quantitative estimate of drug-likeness (QED) is 0.269. The van der Waals surface area contributed by atoms with Crippen molar-refractivity contribution in [3.8, 4) is 11.5 Å². The number of halogens is 3. The van der Waals surface area contributed by atoms with Gasteiger partial charge < -0.3 is 14.6 Å². The minimum atomic E-state index is -1.29. The molecule has 0 bridgehead atoms. The number of aliphatic hydroxyl groups excluding tert-OH is 1. The molecule has 4 rings (SSSR count). The molecule has 1 atom stereocenters. The van der Waals surface area contributed by atoms with Crippen LogP contribution in [0.4, 0.5) is 14.5 Å². The Hall–Kier alpha value is -3.91. The van der Waals surface area contributed by atoms with Gasteiger partial charge in [-0.25, -0.2) is 8.78 Å². The van der Waals surface area contributed by atoms with E-state index in [-0.39, 0.29) is 11.1 Å². The summed E-state index contributed by atoms with van der Waals surface area (Å²) in [6.45, 7) is 2.06. The molecule has 1 saturated heterocycles. The van der Waals surface area contributed by atoms with Gasteiger partial charge in [-0.1, -0.05) is 17.7 Å². The molecule has 1 N–H and O–H groups in total. The van der Waals surface area contributed by atoms with Crippen LogP contribution in [-0.2, 0) is 9.59 Å². The predicted octanol–water partition coefficient (Wildman–Crippen LogP) is 5.65. The van der Waals surface area contributed by atoms with Crippen LogP contribution in [-0.4, -0.2) is 30.5 Å². The molecule has 1 heterocycles. The monoisotopic (exact) mass is 499 g/mol. The topological polar surface area (TPSA) is 76.1 Å². The molecule has 180 valence electrons. The molecule has 0 spiro atoms. The highest BCUT2D eigenvalue weighted by molar-refractivity contribution is 6.51. The number of ketones is 1. The molecule has 9 heteroatoms. The van der Waals surface area contributed by atoms with Gasteiger partial charge in [0.25, 0.3) is 11.7 Å².